The summed E-state index contributed by atoms with van der Waals surface area (Å²) in [4.78, 5) is 21.0. The van der Waals surface area contributed by atoms with E-state index in [2.05, 4.69) is 16.1 Å². The van der Waals surface area contributed by atoms with Crippen LogP contribution in [0.25, 0.3) is 0 Å². The number of hydrogen-bond donors (Lipinski definition) is 0. The molecule has 0 aromatic carbocycles. The van der Waals surface area contributed by atoms with Crippen molar-refractivity contribution in [2.45, 2.75) is 5.25 Å². The van der Waals surface area contributed by atoms with Crippen LogP contribution in [0.5, 0.6) is 0 Å². The van der Waals surface area contributed by atoms with Crippen molar-refractivity contribution in [3.63, 3.8) is 0 Å². The minimum absolute atomic E-state index is 0. The first-order chi connectivity index (χ1) is 7.63. The summed E-state index contributed by atoms with van der Waals surface area (Å²) in [6.07, 6.45) is 0.776. The van der Waals surface area contributed by atoms with Gasteiger partial charge in [0.1, 0.15) is 13.2 Å². The maximum absolute atomic E-state index is 12.5. The van der Waals surface area contributed by atoms with E-state index in [1.54, 1.807) is 0 Å². The predicted octanol–water partition coefficient (Wildman–Crippen LogP) is -3.60. The summed E-state index contributed by atoms with van der Waals surface area (Å²) >= 11 is 0. The monoisotopic (exact) mass is 296 g/mol. The Bertz CT molecular complexity index is 420. The maximum Gasteiger partial charge on any atom is 1.00 e. The molecule has 0 aromatic rings. The minimum Gasteiger partial charge on any atom is -0.743 e. The Morgan fingerprint density at radius 1 is 1.28 bits per heavy atom. The van der Waals surface area contributed by atoms with Crippen molar-refractivity contribution < 1.29 is 70.4 Å². The third-order valence-electron chi connectivity index (χ3n) is 1.28. The van der Waals surface area contributed by atoms with E-state index in [0.29, 0.717) is 0 Å². The summed E-state index contributed by atoms with van der Waals surface area (Å²) in [5.74, 6) is -3.41. The second kappa shape index (κ2) is 7.79. The molecule has 7 nitrogen and oxygen atoms in total. The molecule has 0 bridgehead atoms. The van der Waals surface area contributed by atoms with Crippen molar-refractivity contribution in [2.24, 2.45) is 0 Å². The van der Waals surface area contributed by atoms with Crippen LogP contribution in [-0.4, -0.2) is 43.4 Å². The molecule has 0 saturated heterocycles. The van der Waals surface area contributed by atoms with Gasteiger partial charge in [-0.15, -0.1) is 0 Å². The molecule has 0 fully saturated rings. The van der Waals surface area contributed by atoms with Crippen LogP contribution in [0, 0.1) is 0 Å². The van der Waals surface area contributed by atoms with Gasteiger partial charge in [0.2, 0.25) is 0 Å². The molecule has 0 atom stereocenters. The fraction of sp³-hybridized carbons (Fsp3) is 0.429. The zero-order valence-corrected chi connectivity index (χ0v) is 12.0. The first-order valence-electron chi connectivity index (χ1n) is 3.92. The van der Waals surface area contributed by atoms with Crippen LogP contribution in [0.2, 0.25) is 0 Å². The van der Waals surface area contributed by atoms with E-state index in [0.717, 1.165) is 6.08 Å². The van der Waals surface area contributed by atoms with Gasteiger partial charge < -0.3 is 14.0 Å². The van der Waals surface area contributed by atoms with Crippen LogP contribution in [0.15, 0.2) is 12.7 Å². The van der Waals surface area contributed by atoms with Gasteiger partial charge in [-0.3, -0.25) is 0 Å². The van der Waals surface area contributed by atoms with Gasteiger partial charge in [0.25, 0.3) is 0 Å². The molecule has 18 heavy (non-hydrogen) atoms. The van der Waals surface area contributed by atoms with Crippen molar-refractivity contribution in [1.82, 2.24) is 0 Å². The van der Waals surface area contributed by atoms with Gasteiger partial charge in [0.15, 0.2) is 10.1 Å². The molecule has 0 saturated carbocycles. The van der Waals surface area contributed by atoms with Gasteiger partial charge in [0, 0.05) is 6.08 Å². The Morgan fingerprint density at radius 2 is 1.72 bits per heavy atom. The second-order valence-electron chi connectivity index (χ2n) is 2.48. The SMILES string of the molecule is C=CC(=O)OCCOC(=O)C(F)(F)S(=O)(=O)[O-].[Na+]. The Hall–Kier alpha value is -0.550. The molecule has 0 spiro atoms. The van der Waals surface area contributed by atoms with Crippen LogP contribution in [-0.2, 0) is 29.2 Å². The first kappa shape index (κ1) is 19.8. The second-order valence-corrected chi connectivity index (χ2v) is 3.90. The molecule has 0 aromatic heterocycles. The number of hydrogen-bond acceptors (Lipinski definition) is 7. The number of alkyl halides is 2. The summed E-state index contributed by atoms with van der Waals surface area (Å²) < 4.78 is 62.9. The van der Waals surface area contributed by atoms with Crippen molar-refractivity contribution in [2.75, 3.05) is 13.2 Å². The topological polar surface area (TPSA) is 110 Å². The maximum atomic E-state index is 12.5. The zero-order valence-electron chi connectivity index (χ0n) is 9.22. The molecule has 0 aliphatic carbocycles. The Balaban J connectivity index is 0. The normalized spacial score (nSPS) is 11.1. The molecule has 0 rings (SSSR count). The zero-order chi connectivity index (χ0) is 13.7. The van der Waals surface area contributed by atoms with Crippen LogP contribution in [0.3, 0.4) is 0 Å². The van der Waals surface area contributed by atoms with E-state index < -0.39 is 40.5 Å². The number of halogens is 2. The van der Waals surface area contributed by atoms with Crippen LogP contribution in [0.1, 0.15) is 0 Å². The number of carbonyl (C=O) groups excluding carboxylic acids is 2. The molecule has 0 N–H and O–H groups in total. The molecule has 11 heteroatoms. The molecular weight excluding hydrogens is 289 g/mol. The fourth-order valence-corrected chi connectivity index (χ4v) is 0.785. The molecule has 0 aliphatic heterocycles. The van der Waals surface area contributed by atoms with E-state index in [1.165, 1.54) is 0 Å². The minimum atomic E-state index is -6.14. The van der Waals surface area contributed by atoms with Gasteiger partial charge in [-0.1, -0.05) is 6.58 Å². The summed E-state index contributed by atoms with van der Waals surface area (Å²) in [5.41, 5.74) is 0. The fourth-order valence-electron chi connectivity index (χ4n) is 0.522. The van der Waals surface area contributed by atoms with E-state index in [4.69, 9.17) is 0 Å². The van der Waals surface area contributed by atoms with Crippen LogP contribution >= 0.6 is 0 Å². The summed E-state index contributed by atoms with van der Waals surface area (Å²) in [5, 5.41) is -5.17. The molecule has 0 aliphatic rings. The van der Waals surface area contributed by atoms with Crippen molar-refractivity contribution in [1.29, 1.82) is 0 Å². The average molecular weight is 296 g/mol. The Kier molecular flexibility index (Phi) is 8.56. The summed E-state index contributed by atoms with van der Waals surface area (Å²) in [6, 6.07) is 0. The Morgan fingerprint density at radius 3 is 2.11 bits per heavy atom. The molecule has 0 heterocycles. The molecule has 0 amide bonds. The van der Waals surface area contributed by atoms with E-state index in [9.17, 15) is 31.3 Å². The molecule has 0 radical (unpaired) electrons. The number of rotatable bonds is 6. The van der Waals surface area contributed by atoms with Crippen LogP contribution < -0.4 is 29.6 Å². The van der Waals surface area contributed by atoms with E-state index in [1.807, 2.05) is 0 Å². The largest absolute Gasteiger partial charge is 1.00 e. The van der Waals surface area contributed by atoms with Gasteiger partial charge >= 0.3 is 46.8 Å². The summed E-state index contributed by atoms with van der Waals surface area (Å²) in [7, 11) is -6.14. The quantitative estimate of drug-likeness (QED) is 0.164. The first-order valence-corrected chi connectivity index (χ1v) is 5.33. The molecule has 98 valence electrons. The smallest absolute Gasteiger partial charge is 0.743 e. The van der Waals surface area contributed by atoms with Gasteiger partial charge in [-0.25, -0.2) is 18.0 Å². The van der Waals surface area contributed by atoms with Gasteiger partial charge in [0.05, 0.1) is 0 Å². The molecule has 0 unspecified atom stereocenters. The number of ether oxygens (including phenoxy) is 2. The third kappa shape index (κ3) is 5.87. The third-order valence-corrected chi connectivity index (χ3v) is 2.07. The van der Waals surface area contributed by atoms with Crippen molar-refractivity contribution in [3.8, 4) is 0 Å². The standard InChI is InChI=1S/C7H8F2O7S.Na/c1-2-5(10)15-3-4-16-6(11)7(8,9)17(12,13)14;/h2H,1,3-4H2,(H,12,13,14);/q;+1/p-1. The predicted molar refractivity (Wildman–Crippen MR) is 46.8 cm³/mol. The van der Waals surface area contributed by atoms with E-state index >= 15 is 0 Å². The average Bonchev–Trinajstić information content (AvgIpc) is 2.21. The van der Waals surface area contributed by atoms with Crippen molar-refractivity contribution >= 4 is 22.1 Å². The summed E-state index contributed by atoms with van der Waals surface area (Å²) in [6.45, 7) is 1.63. The Labute approximate surface area is 123 Å². The molecular formula is C7H7F2NaO7S. The van der Waals surface area contributed by atoms with Gasteiger partial charge in [-0.2, -0.15) is 8.78 Å². The van der Waals surface area contributed by atoms with E-state index in [-0.39, 0.29) is 29.6 Å². The van der Waals surface area contributed by atoms with Crippen LogP contribution in [0.4, 0.5) is 8.78 Å². The van der Waals surface area contributed by atoms with Gasteiger partial charge in [-0.05, 0) is 0 Å². The van der Waals surface area contributed by atoms with Crippen molar-refractivity contribution in [3.05, 3.63) is 12.7 Å². The number of esters is 2. The number of carbonyl (C=O) groups is 2.